The van der Waals surface area contributed by atoms with Crippen molar-refractivity contribution in [3.05, 3.63) is 95.1 Å². The number of fused-ring (bicyclic) bond motifs is 1. The number of hydrogen-bond donors (Lipinski definition) is 0. The second-order valence-corrected chi connectivity index (χ2v) is 8.81. The fraction of sp³-hybridized carbons (Fsp3) is 0.200. The summed E-state index contributed by atoms with van der Waals surface area (Å²) >= 11 is -0.711. The van der Waals surface area contributed by atoms with Crippen LogP contribution in [0.25, 0.3) is 16.3 Å². The molecule has 148 valence electrons. The van der Waals surface area contributed by atoms with Crippen LogP contribution in [0.5, 0.6) is 0 Å². The molecular formula is C25H24Cl2OTi. The Morgan fingerprint density at radius 2 is 1.55 bits per heavy atom. The van der Waals surface area contributed by atoms with Crippen LogP contribution in [0.3, 0.4) is 0 Å². The third-order valence-corrected chi connectivity index (χ3v) is 7.04. The van der Waals surface area contributed by atoms with Crippen molar-refractivity contribution in [2.75, 3.05) is 0 Å². The monoisotopic (exact) mass is 458 g/mol. The molecule has 1 unspecified atom stereocenters. The van der Waals surface area contributed by atoms with Gasteiger partial charge in [0.05, 0.1) is 0 Å². The Balaban J connectivity index is 0.00000150. The Morgan fingerprint density at radius 1 is 0.862 bits per heavy atom. The molecule has 29 heavy (non-hydrogen) atoms. The number of halogens is 2. The third-order valence-electron chi connectivity index (χ3n) is 5.43. The average molecular weight is 459 g/mol. The van der Waals surface area contributed by atoms with Crippen molar-refractivity contribution in [1.29, 1.82) is 0 Å². The van der Waals surface area contributed by atoms with E-state index in [4.69, 9.17) is 3.32 Å². The summed E-state index contributed by atoms with van der Waals surface area (Å²) in [6, 6.07) is 23.8. The number of hydrogen-bond acceptors (Lipinski definition) is 1. The number of rotatable bonds is 5. The van der Waals surface area contributed by atoms with Crippen LogP contribution in [-0.2, 0) is 29.5 Å². The smallest absolute Gasteiger partial charge is 1.00 e. The van der Waals surface area contributed by atoms with E-state index in [2.05, 4.69) is 93.6 Å². The standard InChI is InChI=1S/C18H17.C7H7O.2ClH.Ti/c1-12-10-13(2)18(14(12)3)17-9-8-15-6-4-5-7-16(15)11-17;8-6-7-4-2-1-3-5-7;;;/h4-10,13H,1-3H3;1-5H,6H2;2*1H;/q;-1;;;+3/p-2. The molecule has 3 aromatic carbocycles. The normalized spacial score (nSPS) is 15.4. The molecule has 0 N–H and O–H groups in total. The van der Waals surface area contributed by atoms with E-state index in [9.17, 15) is 0 Å². The van der Waals surface area contributed by atoms with Gasteiger partial charge in [0.15, 0.2) is 0 Å². The molecule has 1 atom stereocenters. The predicted molar refractivity (Wildman–Crippen MR) is 110 cm³/mol. The first kappa shape index (κ1) is 23.9. The molecule has 4 rings (SSSR count). The van der Waals surface area contributed by atoms with Crippen LogP contribution in [0.1, 0.15) is 31.9 Å². The van der Waals surface area contributed by atoms with Crippen LogP contribution in [0, 0.1) is 5.92 Å². The number of benzene rings is 3. The van der Waals surface area contributed by atoms with Crippen molar-refractivity contribution in [3.63, 3.8) is 0 Å². The van der Waals surface area contributed by atoms with E-state index in [-0.39, 0.29) is 24.8 Å². The van der Waals surface area contributed by atoms with Gasteiger partial charge in [0.25, 0.3) is 0 Å². The van der Waals surface area contributed by atoms with Crippen molar-refractivity contribution >= 4 is 20.2 Å². The van der Waals surface area contributed by atoms with E-state index in [1.54, 1.807) is 0 Å². The Hall–Kier alpha value is -1.35. The van der Waals surface area contributed by atoms with Gasteiger partial charge in [-0.15, -0.1) is 0 Å². The summed E-state index contributed by atoms with van der Waals surface area (Å²) in [4.78, 5) is 0. The van der Waals surface area contributed by atoms with Gasteiger partial charge in [-0.25, -0.2) is 0 Å². The van der Waals surface area contributed by atoms with Crippen LogP contribution < -0.4 is 28.7 Å². The van der Waals surface area contributed by atoms with Gasteiger partial charge in [0, 0.05) is 0 Å². The molecule has 0 bridgehead atoms. The molecule has 3 aromatic rings. The summed E-state index contributed by atoms with van der Waals surface area (Å²) in [5, 5.41) is 2.65. The summed E-state index contributed by atoms with van der Waals surface area (Å²) in [5.41, 5.74) is 6.93. The van der Waals surface area contributed by atoms with Gasteiger partial charge in [-0.2, -0.15) is 0 Å². The van der Waals surface area contributed by atoms with Gasteiger partial charge in [-0.05, 0) is 0 Å². The molecule has 0 heterocycles. The molecule has 0 aromatic heterocycles. The van der Waals surface area contributed by atoms with Crippen LogP contribution in [0.15, 0.2) is 84.0 Å². The summed E-state index contributed by atoms with van der Waals surface area (Å²) in [7, 11) is 0. The maximum Gasteiger partial charge on any atom is -1.00 e. The molecule has 0 amide bonds. The van der Waals surface area contributed by atoms with Crippen LogP contribution in [0.2, 0.25) is 0 Å². The van der Waals surface area contributed by atoms with Crippen molar-refractivity contribution < 1.29 is 47.7 Å². The zero-order valence-electron chi connectivity index (χ0n) is 16.9. The zero-order chi connectivity index (χ0) is 18.8. The molecule has 1 aliphatic rings. The minimum Gasteiger partial charge on any atom is -1.00 e. The van der Waals surface area contributed by atoms with Gasteiger partial charge in [0.1, 0.15) is 0 Å². The Bertz CT molecular complexity index is 1040. The van der Waals surface area contributed by atoms with Gasteiger partial charge in [-0.1, -0.05) is 0 Å². The predicted octanol–water partition coefficient (Wildman–Crippen LogP) is 0.0569. The van der Waals surface area contributed by atoms with E-state index < -0.39 is 19.5 Å². The molecular weight excluding hydrogens is 435 g/mol. The van der Waals surface area contributed by atoms with Gasteiger partial charge in [0.2, 0.25) is 0 Å². The largest absolute Gasteiger partial charge is 1.00 e. The van der Waals surface area contributed by atoms with E-state index in [0.717, 1.165) is 0 Å². The van der Waals surface area contributed by atoms with Crippen LogP contribution >= 0.6 is 0 Å². The van der Waals surface area contributed by atoms with Crippen molar-refractivity contribution in [3.8, 4) is 0 Å². The van der Waals surface area contributed by atoms with Gasteiger partial charge >= 0.3 is 171 Å². The van der Waals surface area contributed by atoms with Crippen LogP contribution in [-0.4, -0.2) is 0 Å². The summed E-state index contributed by atoms with van der Waals surface area (Å²) in [6.45, 7) is 7.48. The molecule has 0 saturated heterocycles. The first-order valence-electron chi connectivity index (χ1n) is 9.48. The Morgan fingerprint density at radius 3 is 2.24 bits per heavy atom. The van der Waals surface area contributed by atoms with Gasteiger partial charge in [-0.3, -0.25) is 0 Å². The molecule has 0 fully saturated rings. The second-order valence-electron chi connectivity index (χ2n) is 7.26. The first-order chi connectivity index (χ1) is 13.1. The molecule has 0 aliphatic heterocycles. The van der Waals surface area contributed by atoms with Crippen LogP contribution in [0.4, 0.5) is 0 Å². The molecule has 0 radical (unpaired) electrons. The first-order valence-corrected chi connectivity index (χ1v) is 10.9. The van der Waals surface area contributed by atoms with Crippen molar-refractivity contribution in [1.82, 2.24) is 0 Å². The fourth-order valence-corrected chi connectivity index (χ4v) is 5.59. The maximum absolute atomic E-state index is 6.30. The quantitative estimate of drug-likeness (QED) is 0.491. The minimum atomic E-state index is -0.711. The van der Waals surface area contributed by atoms with Crippen molar-refractivity contribution in [2.45, 2.75) is 27.4 Å². The molecule has 1 aliphatic carbocycles. The van der Waals surface area contributed by atoms with E-state index in [1.807, 2.05) is 0 Å². The summed E-state index contributed by atoms with van der Waals surface area (Å²) in [5.74, 6) is 0.464. The molecule has 0 saturated carbocycles. The van der Waals surface area contributed by atoms with E-state index in [1.165, 1.54) is 42.5 Å². The topological polar surface area (TPSA) is 9.23 Å². The number of allylic oxidation sites excluding steroid dienone is 4. The Kier molecular flexibility index (Phi) is 8.76. The molecule has 0 spiro atoms. The maximum atomic E-state index is 6.30. The summed E-state index contributed by atoms with van der Waals surface area (Å²) < 4.78 is 7.72. The third kappa shape index (κ3) is 5.05. The SMILES string of the molecule is CC1=CC(C)C(c2ccc3ccccc3[c]2[Ti+2][O]Cc2ccccc2)=C1C.[Cl-].[Cl-]. The Labute approximate surface area is 195 Å². The van der Waals surface area contributed by atoms with Crippen molar-refractivity contribution in [2.24, 2.45) is 5.92 Å². The minimum absolute atomic E-state index is 0. The fourth-order valence-electron chi connectivity index (χ4n) is 3.96. The molecule has 4 heteroatoms. The summed E-state index contributed by atoms with van der Waals surface area (Å²) in [6.07, 6.45) is 2.38. The molecule has 1 nitrogen and oxygen atoms in total. The van der Waals surface area contributed by atoms with E-state index >= 15 is 0 Å². The average Bonchev–Trinajstić information content (AvgIpc) is 2.94. The van der Waals surface area contributed by atoms with E-state index in [0.29, 0.717) is 12.5 Å². The zero-order valence-corrected chi connectivity index (χ0v) is 20.0. The van der Waals surface area contributed by atoms with Gasteiger partial charge < -0.3 is 24.8 Å². The second kappa shape index (κ2) is 10.6.